The van der Waals surface area contributed by atoms with Crippen LogP contribution in [0.3, 0.4) is 0 Å². The molecule has 2 amide bonds. The molecule has 0 bridgehead atoms. The highest BCUT2D eigenvalue weighted by atomic mass is 35.5. The quantitative estimate of drug-likeness (QED) is 0.815. The number of nitrogens with one attached hydrogen (secondary N) is 1. The number of halogens is 1. The Kier molecular flexibility index (Phi) is 5.28. The summed E-state index contributed by atoms with van der Waals surface area (Å²) in [6, 6.07) is 7.89. The van der Waals surface area contributed by atoms with Crippen LogP contribution in [-0.2, 0) is 0 Å². The largest absolute Gasteiger partial charge is 0.324 e. The molecule has 4 nitrogen and oxygen atoms in total. The molecule has 1 saturated heterocycles. The number of aryl methyl sites for hydroxylation is 3. The fourth-order valence-electron chi connectivity index (χ4n) is 3.62. The first-order valence-electron chi connectivity index (χ1n) is 8.70. The zero-order valence-corrected chi connectivity index (χ0v) is 15.7. The highest BCUT2D eigenvalue weighted by molar-refractivity contribution is 6.31. The van der Waals surface area contributed by atoms with E-state index in [9.17, 15) is 4.79 Å². The summed E-state index contributed by atoms with van der Waals surface area (Å²) >= 11 is 6.26. The van der Waals surface area contributed by atoms with E-state index in [4.69, 9.17) is 11.6 Å². The topological polar surface area (TPSA) is 45.2 Å². The van der Waals surface area contributed by atoms with Crippen LogP contribution in [0.5, 0.6) is 0 Å². The Balaban J connectivity index is 1.64. The molecule has 0 saturated carbocycles. The summed E-state index contributed by atoms with van der Waals surface area (Å²) in [7, 11) is 0. The van der Waals surface area contributed by atoms with Crippen molar-refractivity contribution >= 4 is 23.3 Å². The minimum atomic E-state index is -0.0272. The number of piperidine rings is 1. The predicted molar refractivity (Wildman–Crippen MR) is 102 cm³/mol. The molecule has 0 radical (unpaired) electrons. The lowest BCUT2D eigenvalue weighted by atomic mass is 9.93. The molecule has 1 aliphatic heterocycles. The average Bonchev–Trinajstić information content (AvgIpc) is 2.58. The van der Waals surface area contributed by atoms with E-state index in [1.807, 2.05) is 30.9 Å². The number of benzene rings is 1. The van der Waals surface area contributed by atoms with Crippen LogP contribution in [-0.4, -0.2) is 29.0 Å². The number of rotatable bonds is 2. The molecule has 1 aliphatic rings. The number of carbonyl (C=O) groups is 1. The number of hydrogen-bond acceptors (Lipinski definition) is 2. The van der Waals surface area contributed by atoms with Crippen molar-refractivity contribution in [3.8, 4) is 0 Å². The van der Waals surface area contributed by atoms with Gasteiger partial charge in [0, 0.05) is 30.9 Å². The zero-order chi connectivity index (χ0) is 18.0. The highest BCUT2D eigenvalue weighted by Gasteiger charge is 2.26. The van der Waals surface area contributed by atoms with Crippen LogP contribution in [0.15, 0.2) is 30.5 Å². The molecule has 25 heavy (non-hydrogen) atoms. The Labute approximate surface area is 154 Å². The van der Waals surface area contributed by atoms with Crippen molar-refractivity contribution in [2.45, 2.75) is 39.5 Å². The molecule has 2 aromatic rings. The minimum absolute atomic E-state index is 0.0272. The second-order valence-corrected chi connectivity index (χ2v) is 7.24. The molecule has 0 unspecified atom stereocenters. The number of hydrogen-bond donors (Lipinski definition) is 1. The van der Waals surface area contributed by atoms with Crippen LogP contribution in [0.4, 0.5) is 10.5 Å². The van der Waals surface area contributed by atoms with Gasteiger partial charge in [-0.3, -0.25) is 4.98 Å². The summed E-state index contributed by atoms with van der Waals surface area (Å²) in [4.78, 5) is 18.9. The molecule has 1 aromatic heterocycles. The van der Waals surface area contributed by atoms with Crippen LogP contribution in [0.2, 0.25) is 5.02 Å². The fraction of sp³-hybridized carbons (Fsp3) is 0.400. The van der Waals surface area contributed by atoms with Crippen molar-refractivity contribution in [3.05, 3.63) is 57.9 Å². The second kappa shape index (κ2) is 7.44. The van der Waals surface area contributed by atoms with Crippen LogP contribution < -0.4 is 5.32 Å². The lowest BCUT2D eigenvalue weighted by Gasteiger charge is -2.32. The molecule has 0 aliphatic carbocycles. The summed E-state index contributed by atoms with van der Waals surface area (Å²) in [5.41, 5.74) is 5.28. The number of amides is 2. The number of urea groups is 1. The number of nitrogens with zero attached hydrogens (tertiary/aromatic N) is 2. The van der Waals surface area contributed by atoms with Gasteiger partial charge >= 0.3 is 6.03 Å². The summed E-state index contributed by atoms with van der Waals surface area (Å²) in [6.07, 6.45) is 3.55. The van der Waals surface area contributed by atoms with E-state index in [-0.39, 0.29) is 6.03 Å². The van der Waals surface area contributed by atoms with E-state index in [0.29, 0.717) is 19.0 Å². The van der Waals surface area contributed by atoms with Crippen molar-refractivity contribution in [2.75, 3.05) is 18.4 Å². The van der Waals surface area contributed by atoms with Gasteiger partial charge in [-0.05, 0) is 56.9 Å². The Morgan fingerprint density at radius 3 is 2.44 bits per heavy atom. The maximum Gasteiger partial charge on any atom is 0.321 e. The number of pyridine rings is 1. The number of anilines is 1. The normalized spacial score (nSPS) is 15.3. The maximum atomic E-state index is 12.6. The van der Waals surface area contributed by atoms with Gasteiger partial charge in [-0.2, -0.15) is 0 Å². The van der Waals surface area contributed by atoms with Gasteiger partial charge in [0.25, 0.3) is 0 Å². The lowest BCUT2D eigenvalue weighted by molar-refractivity contribution is 0.194. The van der Waals surface area contributed by atoms with E-state index in [2.05, 4.69) is 29.4 Å². The first-order chi connectivity index (χ1) is 12.0. The van der Waals surface area contributed by atoms with E-state index < -0.39 is 0 Å². The molecular formula is C20H24ClN3O. The molecule has 1 fully saturated rings. The second-order valence-electron chi connectivity index (χ2n) is 6.84. The number of likely N-dealkylation sites (tertiary alicyclic amines) is 1. The summed E-state index contributed by atoms with van der Waals surface area (Å²) < 4.78 is 0. The molecule has 132 valence electrons. The highest BCUT2D eigenvalue weighted by Crippen LogP contribution is 2.31. The first kappa shape index (κ1) is 17.7. The third-order valence-corrected chi connectivity index (χ3v) is 5.18. The van der Waals surface area contributed by atoms with Gasteiger partial charge in [0.05, 0.1) is 10.7 Å². The lowest BCUT2D eigenvalue weighted by Crippen LogP contribution is -2.41. The third-order valence-electron chi connectivity index (χ3n) is 4.86. The SMILES string of the molecule is Cc1cc(C)c(NC(=O)N2CCC(c3ncccc3Cl)CC2)c(C)c1. The average molecular weight is 358 g/mol. The van der Waals surface area contributed by atoms with E-state index in [1.54, 1.807) is 6.20 Å². The Bertz CT molecular complexity index is 759. The van der Waals surface area contributed by atoms with Crippen LogP contribution >= 0.6 is 11.6 Å². The molecule has 5 heteroatoms. The maximum absolute atomic E-state index is 12.6. The van der Waals surface area contributed by atoms with Gasteiger partial charge < -0.3 is 10.2 Å². The Morgan fingerprint density at radius 2 is 1.84 bits per heavy atom. The van der Waals surface area contributed by atoms with Crippen molar-refractivity contribution in [1.29, 1.82) is 0 Å². The predicted octanol–water partition coefficient (Wildman–Crippen LogP) is 5.07. The fourth-order valence-corrected chi connectivity index (χ4v) is 3.89. The van der Waals surface area contributed by atoms with Crippen molar-refractivity contribution in [3.63, 3.8) is 0 Å². The Hall–Kier alpha value is -2.07. The van der Waals surface area contributed by atoms with Crippen molar-refractivity contribution < 1.29 is 4.79 Å². The van der Waals surface area contributed by atoms with Crippen LogP contribution in [0, 0.1) is 20.8 Å². The van der Waals surface area contributed by atoms with Gasteiger partial charge in [0.1, 0.15) is 0 Å². The van der Waals surface area contributed by atoms with E-state index in [0.717, 1.165) is 40.4 Å². The smallest absolute Gasteiger partial charge is 0.321 e. The van der Waals surface area contributed by atoms with Gasteiger partial charge in [-0.15, -0.1) is 0 Å². The van der Waals surface area contributed by atoms with E-state index >= 15 is 0 Å². The summed E-state index contributed by atoms with van der Waals surface area (Å²) in [6.45, 7) is 7.57. The van der Waals surface area contributed by atoms with Crippen LogP contribution in [0.1, 0.15) is 41.1 Å². The number of carbonyl (C=O) groups excluding carboxylic acids is 1. The van der Waals surface area contributed by atoms with Gasteiger partial charge in [-0.25, -0.2) is 4.79 Å². The summed E-state index contributed by atoms with van der Waals surface area (Å²) in [5, 5.41) is 3.81. The molecule has 1 aromatic carbocycles. The molecular weight excluding hydrogens is 334 g/mol. The zero-order valence-electron chi connectivity index (χ0n) is 15.0. The third kappa shape index (κ3) is 3.96. The van der Waals surface area contributed by atoms with Gasteiger partial charge in [0.15, 0.2) is 0 Å². The van der Waals surface area contributed by atoms with Crippen molar-refractivity contribution in [2.24, 2.45) is 0 Å². The van der Waals surface area contributed by atoms with Crippen LogP contribution in [0.25, 0.3) is 0 Å². The molecule has 1 N–H and O–H groups in total. The Morgan fingerprint density at radius 1 is 1.20 bits per heavy atom. The molecule has 3 rings (SSSR count). The first-order valence-corrected chi connectivity index (χ1v) is 9.07. The standard InChI is InChI=1S/C20H24ClN3O/c1-13-11-14(2)18(15(3)12-13)23-20(25)24-9-6-16(7-10-24)19-17(21)5-4-8-22-19/h4-5,8,11-12,16H,6-7,9-10H2,1-3H3,(H,23,25). The molecule has 2 heterocycles. The summed E-state index contributed by atoms with van der Waals surface area (Å²) in [5.74, 6) is 0.320. The van der Waals surface area contributed by atoms with E-state index in [1.165, 1.54) is 5.56 Å². The molecule has 0 atom stereocenters. The van der Waals surface area contributed by atoms with Crippen molar-refractivity contribution in [1.82, 2.24) is 9.88 Å². The monoisotopic (exact) mass is 357 g/mol. The number of aromatic nitrogens is 1. The van der Waals surface area contributed by atoms with Gasteiger partial charge in [0.2, 0.25) is 0 Å². The van der Waals surface area contributed by atoms with Gasteiger partial charge in [-0.1, -0.05) is 29.3 Å². The minimum Gasteiger partial charge on any atom is -0.324 e. The molecule has 0 spiro atoms.